The number of benzene rings is 2. The Morgan fingerprint density at radius 2 is 1.93 bits per heavy atom. The van der Waals surface area contributed by atoms with E-state index in [9.17, 15) is 4.79 Å². The highest BCUT2D eigenvalue weighted by Gasteiger charge is 2.20. The lowest BCUT2D eigenvalue weighted by molar-refractivity contribution is 0.102. The van der Waals surface area contributed by atoms with Gasteiger partial charge >= 0.3 is 0 Å². The Morgan fingerprint density at radius 1 is 1.14 bits per heavy atom. The first kappa shape index (κ1) is 18.7. The van der Waals surface area contributed by atoms with Gasteiger partial charge in [0.2, 0.25) is 0 Å². The Labute approximate surface area is 175 Å². The molecule has 2 aromatic heterocycles. The lowest BCUT2D eigenvalue weighted by Crippen LogP contribution is -2.12. The summed E-state index contributed by atoms with van der Waals surface area (Å²) < 4.78 is 1.92. The van der Waals surface area contributed by atoms with Crippen molar-refractivity contribution in [2.24, 2.45) is 7.05 Å². The van der Waals surface area contributed by atoms with E-state index in [1.807, 2.05) is 48.1 Å². The molecule has 1 amide bonds. The van der Waals surface area contributed by atoms with Crippen molar-refractivity contribution in [3.05, 3.63) is 76.5 Å². The number of anilines is 1. The topological polar surface area (TPSA) is 59.8 Å². The Hall–Kier alpha value is -2.67. The second-order valence-corrected chi connectivity index (χ2v) is 7.85. The number of hydrogen-bond donors (Lipinski definition) is 1. The monoisotopic (exact) mass is 428 g/mol. The lowest BCUT2D eigenvalue weighted by Gasteiger charge is -2.04. The highest BCUT2D eigenvalue weighted by atomic mass is 35.5. The molecule has 0 saturated heterocycles. The molecule has 28 heavy (non-hydrogen) atoms. The van der Waals surface area contributed by atoms with Crippen LogP contribution >= 0.6 is 34.5 Å². The van der Waals surface area contributed by atoms with Crippen molar-refractivity contribution in [2.75, 3.05) is 5.32 Å². The van der Waals surface area contributed by atoms with Gasteiger partial charge in [0.1, 0.15) is 0 Å². The average molecular weight is 429 g/mol. The normalized spacial score (nSPS) is 10.8. The summed E-state index contributed by atoms with van der Waals surface area (Å²) >= 11 is 13.4. The largest absolute Gasteiger partial charge is 0.333 e. The molecule has 0 fully saturated rings. The van der Waals surface area contributed by atoms with Gasteiger partial charge in [-0.3, -0.25) is 10.1 Å². The van der Waals surface area contributed by atoms with E-state index >= 15 is 0 Å². The quantitative estimate of drug-likeness (QED) is 0.448. The van der Waals surface area contributed by atoms with Crippen molar-refractivity contribution < 1.29 is 4.79 Å². The zero-order chi connectivity index (χ0) is 19.7. The molecule has 0 saturated carbocycles. The van der Waals surface area contributed by atoms with Gasteiger partial charge in [0.05, 0.1) is 21.2 Å². The summed E-state index contributed by atoms with van der Waals surface area (Å²) in [6, 6.07) is 14.5. The molecule has 0 spiro atoms. The fourth-order valence-corrected chi connectivity index (χ4v) is 4.26. The third-order valence-corrected chi connectivity index (χ3v) is 5.61. The number of carbonyl (C=O) groups excluding carboxylic acids is 1. The third-order valence-electron chi connectivity index (χ3n) is 4.09. The van der Waals surface area contributed by atoms with E-state index in [0.29, 0.717) is 15.7 Å². The summed E-state index contributed by atoms with van der Waals surface area (Å²) in [6.07, 6.45) is 3.60. The number of thiazole rings is 1. The van der Waals surface area contributed by atoms with E-state index in [4.69, 9.17) is 23.2 Å². The van der Waals surface area contributed by atoms with E-state index in [1.54, 1.807) is 18.3 Å². The van der Waals surface area contributed by atoms with Gasteiger partial charge in [-0.15, -0.1) is 0 Å². The van der Waals surface area contributed by atoms with Crippen molar-refractivity contribution >= 4 is 45.6 Å². The molecule has 0 aliphatic heterocycles. The highest BCUT2D eigenvalue weighted by molar-refractivity contribution is 7.19. The van der Waals surface area contributed by atoms with E-state index in [-0.39, 0.29) is 10.9 Å². The van der Waals surface area contributed by atoms with Crippen molar-refractivity contribution in [2.45, 2.75) is 0 Å². The molecule has 0 bridgehead atoms. The van der Waals surface area contributed by atoms with Crippen molar-refractivity contribution in [3.8, 4) is 22.0 Å². The zero-order valence-corrected chi connectivity index (χ0v) is 17.0. The molecule has 4 aromatic rings. The lowest BCUT2D eigenvalue weighted by atomic mass is 10.1. The Balaban J connectivity index is 1.73. The van der Waals surface area contributed by atoms with Crippen molar-refractivity contribution in [1.82, 2.24) is 14.5 Å². The van der Waals surface area contributed by atoms with Gasteiger partial charge in [-0.1, -0.05) is 64.9 Å². The fraction of sp³-hybridized carbons (Fsp3) is 0.0500. The minimum absolute atomic E-state index is 0.286. The number of imidazole rings is 1. The van der Waals surface area contributed by atoms with Crippen LogP contribution in [-0.2, 0) is 7.05 Å². The van der Waals surface area contributed by atoms with Crippen LogP contribution in [0.3, 0.4) is 0 Å². The number of halogens is 2. The third kappa shape index (κ3) is 3.67. The molecule has 140 valence electrons. The van der Waals surface area contributed by atoms with Crippen molar-refractivity contribution in [3.63, 3.8) is 0 Å². The number of amides is 1. The Bertz CT molecular complexity index is 1150. The van der Waals surface area contributed by atoms with Gasteiger partial charge in [-0.25, -0.2) is 9.97 Å². The number of nitrogens with one attached hydrogen (secondary N) is 1. The van der Waals surface area contributed by atoms with Gasteiger partial charge < -0.3 is 4.57 Å². The van der Waals surface area contributed by atoms with E-state index in [0.717, 1.165) is 22.0 Å². The molecule has 1 N–H and O–H groups in total. The first-order valence-corrected chi connectivity index (χ1v) is 9.90. The summed E-state index contributed by atoms with van der Waals surface area (Å²) in [5.41, 5.74) is 2.04. The standard InChI is InChI=1S/C20H14Cl2N4OS/c1-26-10-9-23-18(26)17-16(12-5-3-2-4-6-12)24-20(28-17)25-19(27)14-8-7-13(21)11-15(14)22/h2-11H,1H3,(H,24,25,27). The first-order chi connectivity index (χ1) is 13.5. The molecule has 0 aliphatic rings. The maximum absolute atomic E-state index is 12.7. The molecule has 2 heterocycles. The highest BCUT2D eigenvalue weighted by Crippen LogP contribution is 2.38. The van der Waals surface area contributed by atoms with Crippen LogP contribution in [0.25, 0.3) is 22.0 Å². The van der Waals surface area contributed by atoms with Crippen LogP contribution in [0, 0.1) is 0 Å². The number of aryl methyl sites for hydroxylation is 1. The van der Waals surface area contributed by atoms with Crippen LogP contribution in [0.2, 0.25) is 10.0 Å². The minimum atomic E-state index is -0.346. The molecular formula is C20H14Cl2N4OS. The summed E-state index contributed by atoms with van der Waals surface area (Å²) in [6.45, 7) is 0. The van der Waals surface area contributed by atoms with Crippen LogP contribution in [0.15, 0.2) is 60.9 Å². The van der Waals surface area contributed by atoms with Gasteiger partial charge in [-0.05, 0) is 18.2 Å². The minimum Gasteiger partial charge on any atom is -0.333 e. The summed E-state index contributed by atoms with van der Waals surface area (Å²) in [7, 11) is 1.92. The summed E-state index contributed by atoms with van der Waals surface area (Å²) in [4.78, 5) is 22.6. The second-order valence-electron chi connectivity index (χ2n) is 6.00. The molecular weight excluding hydrogens is 415 g/mol. The Morgan fingerprint density at radius 3 is 2.61 bits per heavy atom. The molecule has 4 rings (SSSR count). The van der Waals surface area contributed by atoms with E-state index < -0.39 is 0 Å². The number of carbonyl (C=O) groups is 1. The van der Waals surface area contributed by atoms with Crippen LogP contribution in [0.5, 0.6) is 0 Å². The number of nitrogens with zero attached hydrogens (tertiary/aromatic N) is 3. The van der Waals surface area contributed by atoms with Crippen LogP contribution in [-0.4, -0.2) is 20.4 Å². The SMILES string of the molecule is Cn1ccnc1-c1sc(NC(=O)c2ccc(Cl)cc2Cl)nc1-c1ccccc1. The summed E-state index contributed by atoms with van der Waals surface area (Å²) in [5, 5.41) is 4.06. The van der Waals surface area contributed by atoms with Crippen LogP contribution < -0.4 is 5.32 Å². The fourth-order valence-electron chi connectivity index (χ4n) is 2.74. The van der Waals surface area contributed by atoms with Crippen molar-refractivity contribution in [1.29, 1.82) is 0 Å². The average Bonchev–Trinajstić information content (AvgIpc) is 3.28. The van der Waals surface area contributed by atoms with Crippen LogP contribution in [0.4, 0.5) is 5.13 Å². The number of hydrogen-bond acceptors (Lipinski definition) is 4. The molecule has 0 radical (unpaired) electrons. The van der Waals surface area contributed by atoms with E-state index in [1.165, 1.54) is 17.4 Å². The maximum Gasteiger partial charge on any atom is 0.258 e. The smallest absolute Gasteiger partial charge is 0.258 e. The molecule has 0 unspecified atom stereocenters. The van der Waals surface area contributed by atoms with Crippen LogP contribution in [0.1, 0.15) is 10.4 Å². The predicted octanol–water partition coefficient (Wildman–Crippen LogP) is 5.77. The molecule has 0 atom stereocenters. The second kappa shape index (κ2) is 7.75. The predicted molar refractivity (Wildman–Crippen MR) is 114 cm³/mol. The van der Waals surface area contributed by atoms with Gasteiger partial charge in [0, 0.05) is 30.0 Å². The molecule has 2 aromatic carbocycles. The van der Waals surface area contributed by atoms with Gasteiger partial charge in [0.15, 0.2) is 11.0 Å². The molecule has 5 nitrogen and oxygen atoms in total. The molecule has 0 aliphatic carbocycles. The van der Waals surface area contributed by atoms with Gasteiger partial charge in [0.25, 0.3) is 5.91 Å². The first-order valence-electron chi connectivity index (χ1n) is 8.33. The molecule has 8 heteroatoms. The van der Waals surface area contributed by atoms with E-state index in [2.05, 4.69) is 15.3 Å². The summed E-state index contributed by atoms with van der Waals surface area (Å²) in [5.74, 6) is 0.433. The Kier molecular flexibility index (Phi) is 5.17. The maximum atomic E-state index is 12.7. The van der Waals surface area contributed by atoms with Gasteiger partial charge in [-0.2, -0.15) is 0 Å². The number of aromatic nitrogens is 3. The zero-order valence-electron chi connectivity index (χ0n) is 14.7. The number of rotatable bonds is 4.